The molecule has 1 aliphatic rings. The number of esters is 1. The van der Waals surface area contributed by atoms with E-state index in [-0.39, 0.29) is 17.0 Å². The van der Waals surface area contributed by atoms with Crippen LogP contribution in [0.25, 0.3) is 10.2 Å². The average molecular weight is 554 g/mol. The lowest BCUT2D eigenvalue weighted by Crippen LogP contribution is -2.22. The number of hydrogen-bond acceptors (Lipinski definition) is 8. The van der Waals surface area contributed by atoms with E-state index < -0.39 is 21.9 Å². The monoisotopic (exact) mass is 553 g/mol. The zero-order valence-corrected chi connectivity index (χ0v) is 22.1. The molecule has 4 aromatic rings. The summed E-state index contributed by atoms with van der Waals surface area (Å²) in [5, 5.41) is 0. The highest BCUT2D eigenvalue weighted by molar-refractivity contribution is 7.92. The van der Waals surface area contributed by atoms with E-state index in [4.69, 9.17) is 14.2 Å². The fourth-order valence-electron chi connectivity index (χ4n) is 3.80. The first-order valence-corrected chi connectivity index (χ1v) is 13.8. The van der Waals surface area contributed by atoms with Crippen LogP contribution in [0.2, 0.25) is 0 Å². The lowest BCUT2D eigenvalue weighted by molar-refractivity contribution is -0.141. The quantitative estimate of drug-likeness (QED) is 0.362. The van der Waals surface area contributed by atoms with Crippen molar-refractivity contribution in [2.24, 2.45) is 4.99 Å². The maximum atomic E-state index is 13.0. The molecule has 2 heterocycles. The summed E-state index contributed by atoms with van der Waals surface area (Å²) in [7, 11) is -2.49. The van der Waals surface area contributed by atoms with E-state index in [2.05, 4.69) is 9.71 Å². The molecule has 1 aliphatic heterocycles. The summed E-state index contributed by atoms with van der Waals surface area (Å²) in [6.45, 7) is 2.56. The van der Waals surface area contributed by atoms with E-state index in [1.165, 1.54) is 54.8 Å². The van der Waals surface area contributed by atoms with Crippen LogP contribution in [-0.2, 0) is 26.1 Å². The summed E-state index contributed by atoms with van der Waals surface area (Å²) < 4.78 is 46.3. The lowest BCUT2D eigenvalue weighted by atomic mass is 10.2. The Balaban J connectivity index is 1.44. The molecule has 0 saturated carbocycles. The number of methoxy groups -OCH3 is 1. The number of aromatic nitrogens is 1. The minimum Gasteiger partial charge on any atom is -0.486 e. The van der Waals surface area contributed by atoms with Gasteiger partial charge in [0, 0.05) is 23.4 Å². The number of nitrogens with one attached hydrogen (secondary N) is 1. The molecule has 0 radical (unpaired) electrons. The second-order valence-electron chi connectivity index (χ2n) is 8.42. The molecular weight excluding hydrogens is 530 g/mol. The molecule has 0 saturated heterocycles. The van der Waals surface area contributed by atoms with Gasteiger partial charge in [0.25, 0.3) is 15.9 Å². The fraction of sp³-hybridized carbons (Fsp3) is 0.192. The minimum atomic E-state index is -3.78. The molecule has 0 bridgehead atoms. The van der Waals surface area contributed by atoms with Crippen molar-refractivity contribution < 1.29 is 32.2 Å². The van der Waals surface area contributed by atoms with Gasteiger partial charge in [-0.15, -0.1) is 0 Å². The average Bonchev–Trinajstić information content (AvgIpc) is 3.22. The van der Waals surface area contributed by atoms with Gasteiger partial charge in [-0.3, -0.25) is 14.3 Å². The fourth-order valence-corrected chi connectivity index (χ4v) is 5.90. The second-order valence-corrected chi connectivity index (χ2v) is 11.1. The molecule has 0 atom stereocenters. The van der Waals surface area contributed by atoms with Gasteiger partial charge in [-0.25, -0.2) is 8.42 Å². The van der Waals surface area contributed by atoms with Crippen molar-refractivity contribution >= 4 is 49.1 Å². The molecule has 1 N–H and O–H groups in total. The number of ether oxygens (including phenoxy) is 3. The van der Waals surface area contributed by atoms with Gasteiger partial charge in [0.05, 0.1) is 22.2 Å². The van der Waals surface area contributed by atoms with Crippen molar-refractivity contribution in [2.75, 3.05) is 25.0 Å². The molecule has 10 nitrogen and oxygen atoms in total. The SMILES string of the molecule is COC(=O)Cn1c(=NC(=O)c2ccc(NS(=O)(=O)c3ccc(C)cc3)cc2)sc2cc3c(cc21)OCCO3. The summed E-state index contributed by atoms with van der Waals surface area (Å²) in [4.78, 5) is 29.8. The summed E-state index contributed by atoms with van der Waals surface area (Å²) >= 11 is 1.22. The minimum absolute atomic E-state index is 0.135. The Kier molecular flexibility index (Phi) is 6.91. The molecule has 1 amide bonds. The molecule has 0 unspecified atom stereocenters. The highest BCUT2D eigenvalue weighted by Gasteiger charge is 2.19. The van der Waals surface area contributed by atoms with Crippen LogP contribution < -0.4 is 19.0 Å². The van der Waals surface area contributed by atoms with E-state index in [9.17, 15) is 18.0 Å². The van der Waals surface area contributed by atoms with E-state index >= 15 is 0 Å². The van der Waals surface area contributed by atoms with Crippen molar-refractivity contribution in [1.29, 1.82) is 0 Å². The van der Waals surface area contributed by atoms with Gasteiger partial charge in [0.1, 0.15) is 19.8 Å². The highest BCUT2D eigenvalue weighted by Crippen LogP contribution is 2.35. The maximum absolute atomic E-state index is 13.0. The molecule has 0 spiro atoms. The topological polar surface area (TPSA) is 125 Å². The number of anilines is 1. The Labute approximate surface area is 222 Å². The Bertz CT molecular complexity index is 1700. The predicted molar refractivity (Wildman–Crippen MR) is 141 cm³/mol. The first-order valence-electron chi connectivity index (χ1n) is 11.5. The van der Waals surface area contributed by atoms with Gasteiger partial charge >= 0.3 is 5.97 Å². The number of benzene rings is 3. The van der Waals surface area contributed by atoms with Crippen LogP contribution in [-0.4, -0.2) is 45.2 Å². The number of aryl methyl sites for hydroxylation is 1. The zero-order chi connectivity index (χ0) is 26.9. The molecule has 0 fully saturated rings. The van der Waals surface area contributed by atoms with Crippen molar-refractivity contribution in [3.8, 4) is 11.5 Å². The zero-order valence-electron chi connectivity index (χ0n) is 20.5. The maximum Gasteiger partial charge on any atom is 0.325 e. The van der Waals surface area contributed by atoms with Crippen molar-refractivity contribution in [2.45, 2.75) is 18.4 Å². The number of amides is 1. The molecular formula is C26H23N3O7S2. The molecule has 1 aromatic heterocycles. The van der Waals surface area contributed by atoms with Crippen LogP contribution in [0, 0.1) is 6.92 Å². The van der Waals surface area contributed by atoms with Gasteiger partial charge in [-0.2, -0.15) is 4.99 Å². The van der Waals surface area contributed by atoms with E-state index in [0.29, 0.717) is 40.7 Å². The molecule has 0 aliphatic carbocycles. The van der Waals surface area contributed by atoms with Crippen molar-refractivity contribution in [1.82, 2.24) is 4.57 Å². The largest absolute Gasteiger partial charge is 0.486 e. The van der Waals surface area contributed by atoms with Gasteiger partial charge in [-0.05, 0) is 43.3 Å². The molecule has 196 valence electrons. The van der Waals surface area contributed by atoms with Crippen LogP contribution in [0.1, 0.15) is 15.9 Å². The highest BCUT2D eigenvalue weighted by atomic mass is 32.2. The third-order valence-corrected chi connectivity index (χ3v) is 8.21. The van der Waals surface area contributed by atoms with Crippen LogP contribution in [0.4, 0.5) is 5.69 Å². The molecule has 12 heteroatoms. The van der Waals surface area contributed by atoms with Gasteiger partial charge in [-0.1, -0.05) is 29.0 Å². The summed E-state index contributed by atoms with van der Waals surface area (Å²) in [6, 6.07) is 16.0. The Morgan fingerprint density at radius 2 is 1.68 bits per heavy atom. The molecule has 3 aromatic carbocycles. The number of rotatable bonds is 6. The van der Waals surface area contributed by atoms with Gasteiger partial charge < -0.3 is 18.8 Å². The Hall–Kier alpha value is -4.16. The third kappa shape index (κ3) is 5.27. The van der Waals surface area contributed by atoms with Crippen molar-refractivity contribution in [3.05, 3.63) is 76.6 Å². The van der Waals surface area contributed by atoms with Crippen LogP contribution in [0.3, 0.4) is 0 Å². The molecule has 38 heavy (non-hydrogen) atoms. The van der Waals surface area contributed by atoms with Crippen LogP contribution >= 0.6 is 11.3 Å². The van der Waals surface area contributed by atoms with E-state index in [0.717, 1.165) is 10.3 Å². The number of hydrogen-bond donors (Lipinski definition) is 1. The standard InChI is InChI=1S/C26H23N3O7S2/c1-16-3-9-19(10-4-16)38(32,33)28-18-7-5-17(6-8-18)25(31)27-26-29(15-24(30)34-2)20-13-21-22(14-23(20)37-26)36-12-11-35-21/h3-10,13-14,28H,11-12,15H2,1-2H3. The normalized spacial score (nSPS) is 13.4. The summed E-state index contributed by atoms with van der Waals surface area (Å²) in [5.74, 6) is 0.0672. The summed E-state index contributed by atoms with van der Waals surface area (Å²) in [5.41, 5.74) is 2.15. The first kappa shape index (κ1) is 25.5. The van der Waals surface area contributed by atoms with E-state index in [1.807, 2.05) is 6.92 Å². The first-order chi connectivity index (χ1) is 18.2. The third-order valence-electron chi connectivity index (χ3n) is 5.77. The van der Waals surface area contributed by atoms with E-state index in [1.54, 1.807) is 28.8 Å². The number of sulfonamides is 1. The van der Waals surface area contributed by atoms with Gasteiger partial charge in [0.2, 0.25) is 0 Å². The number of carbonyl (C=O) groups is 2. The summed E-state index contributed by atoms with van der Waals surface area (Å²) in [6.07, 6.45) is 0. The number of carbonyl (C=O) groups excluding carboxylic acids is 2. The van der Waals surface area contributed by atoms with Gasteiger partial charge in [0.15, 0.2) is 16.3 Å². The molecule has 5 rings (SSSR count). The second kappa shape index (κ2) is 10.3. The smallest absolute Gasteiger partial charge is 0.325 e. The van der Waals surface area contributed by atoms with Crippen LogP contribution in [0.15, 0.2) is 70.6 Å². The van der Waals surface area contributed by atoms with Crippen LogP contribution in [0.5, 0.6) is 11.5 Å². The predicted octanol–water partition coefficient (Wildman–Crippen LogP) is 3.50. The number of fused-ring (bicyclic) bond motifs is 2. The van der Waals surface area contributed by atoms with Crippen molar-refractivity contribution in [3.63, 3.8) is 0 Å². The number of thiazole rings is 1. The Morgan fingerprint density at radius 1 is 1.03 bits per heavy atom. The number of nitrogens with zero attached hydrogens (tertiary/aromatic N) is 2. The lowest BCUT2D eigenvalue weighted by Gasteiger charge is -2.18. The Morgan fingerprint density at radius 3 is 2.34 bits per heavy atom.